The van der Waals surface area contributed by atoms with Crippen molar-refractivity contribution in [2.45, 2.75) is 69.1 Å². The van der Waals surface area contributed by atoms with Gasteiger partial charge in [-0.3, -0.25) is 4.98 Å². The van der Waals surface area contributed by atoms with Crippen molar-refractivity contribution in [2.75, 3.05) is 31.6 Å². The van der Waals surface area contributed by atoms with E-state index in [0.29, 0.717) is 67.5 Å². The number of hydrogen-bond donors (Lipinski definition) is 3. The Kier molecular flexibility index (Phi) is 6.55. The third-order valence-electron chi connectivity index (χ3n) is 9.46. The molecule has 2 bridgehead atoms. The minimum absolute atomic E-state index is 0.0611. The lowest BCUT2D eigenvalue weighted by molar-refractivity contribution is -0.165. The predicted molar refractivity (Wildman–Crippen MR) is 149 cm³/mol. The van der Waals surface area contributed by atoms with Gasteiger partial charge < -0.3 is 30.6 Å². The van der Waals surface area contributed by atoms with E-state index in [1.54, 1.807) is 6.07 Å². The number of carbonyl (C=O) groups is 1. The van der Waals surface area contributed by atoms with Crippen LogP contribution in [-0.4, -0.2) is 58.4 Å². The van der Waals surface area contributed by atoms with Gasteiger partial charge in [-0.05, 0) is 69.6 Å². The van der Waals surface area contributed by atoms with E-state index in [2.05, 4.69) is 25.6 Å². The zero-order valence-electron chi connectivity index (χ0n) is 23.0. The number of anilines is 1. The Balaban J connectivity index is 0.987. The highest BCUT2D eigenvalue weighted by atomic mass is 19.1. The monoisotopic (exact) mass is 562 g/mol. The lowest BCUT2D eigenvalue weighted by Gasteiger charge is -2.53. The summed E-state index contributed by atoms with van der Waals surface area (Å²) in [5.41, 5.74) is 8.86. The standard InChI is InChI=1S/C30H35FN6O4/c31-21-14-33-22-3-4-24(39-17-28(16-32)7-8-28)37-26(22)20(21)5-6-30-11-9-29(10-12-30,18-40-30)35-13-19-1-2-23-27(36-19)41-25(38)15-34-23/h1-4,14,34-35H,5-13,15-18,32H2. The summed E-state index contributed by atoms with van der Waals surface area (Å²) in [7, 11) is 0. The van der Waals surface area contributed by atoms with Gasteiger partial charge in [0.1, 0.15) is 12.4 Å². The number of ether oxygens (including phenoxy) is 3. The molecule has 0 spiro atoms. The van der Waals surface area contributed by atoms with Crippen molar-refractivity contribution >= 4 is 22.7 Å². The Labute approximate surface area is 237 Å². The van der Waals surface area contributed by atoms with E-state index in [0.717, 1.165) is 49.9 Å². The summed E-state index contributed by atoms with van der Waals surface area (Å²) in [5, 5.41) is 6.68. The number of rotatable bonds is 10. The number of nitrogens with zero attached hydrogens (tertiary/aromatic N) is 3. The first kappa shape index (κ1) is 26.5. The second-order valence-corrected chi connectivity index (χ2v) is 12.2. The summed E-state index contributed by atoms with van der Waals surface area (Å²) < 4.78 is 32.8. The molecule has 11 heteroatoms. The van der Waals surface area contributed by atoms with Crippen LogP contribution in [0.2, 0.25) is 0 Å². The fourth-order valence-corrected chi connectivity index (χ4v) is 6.25. The first-order valence-electron chi connectivity index (χ1n) is 14.5. The SMILES string of the molecule is NCC1(COc2ccc3ncc(F)c(CCC45CCC(NCc6ccc7c(n6)OC(=O)CN7)(CC4)CO5)c3n2)CC1. The Morgan fingerprint density at radius 1 is 1.10 bits per heavy atom. The molecule has 4 fully saturated rings. The number of fused-ring (bicyclic) bond motifs is 5. The maximum atomic E-state index is 15.1. The molecule has 0 aromatic carbocycles. The lowest BCUT2D eigenvalue weighted by Crippen LogP contribution is -2.61. The number of aromatic nitrogens is 3. The molecule has 2 saturated heterocycles. The Bertz CT molecular complexity index is 1470. The van der Waals surface area contributed by atoms with Crippen molar-refractivity contribution < 1.29 is 23.4 Å². The van der Waals surface area contributed by atoms with Gasteiger partial charge in [0.15, 0.2) is 0 Å². The first-order chi connectivity index (χ1) is 19.9. The van der Waals surface area contributed by atoms with Gasteiger partial charge in [0.25, 0.3) is 0 Å². The van der Waals surface area contributed by atoms with Crippen molar-refractivity contribution in [3.63, 3.8) is 0 Å². The molecular weight excluding hydrogens is 527 g/mol. The highest BCUT2D eigenvalue weighted by Gasteiger charge is 2.49. The molecule has 5 aliphatic rings. The Morgan fingerprint density at radius 3 is 2.71 bits per heavy atom. The number of nitrogens with one attached hydrogen (secondary N) is 2. The molecule has 2 saturated carbocycles. The number of nitrogens with two attached hydrogens (primary N) is 1. The van der Waals surface area contributed by atoms with Crippen LogP contribution in [0.3, 0.4) is 0 Å². The quantitative estimate of drug-likeness (QED) is 0.316. The van der Waals surface area contributed by atoms with E-state index >= 15 is 4.39 Å². The van der Waals surface area contributed by atoms with Crippen molar-refractivity contribution in [2.24, 2.45) is 11.1 Å². The molecule has 2 aliphatic carbocycles. The third kappa shape index (κ3) is 5.22. The molecule has 0 radical (unpaired) electrons. The summed E-state index contributed by atoms with van der Waals surface area (Å²) in [4.78, 5) is 25.0. The molecule has 0 amide bonds. The number of pyridine rings is 3. The summed E-state index contributed by atoms with van der Waals surface area (Å²) in [6.07, 6.45) is 8.37. The third-order valence-corrected chi connectivity index (χ3v) is 9.46. The van der Waals surface area contributed by atoms with E-state index in [1.807, 2.05) is 18.2 Å². The molecule has 41 heavy (non-hydrogen) atoms. The first-order valence-corrected chi connectivity index (χ1v) is 14.5. The van der Waals surface area contributed by atoms with Crippen molar-refractivity contribution in [3.05, 3.63) is 47.5 Å². The molecule has 8 rings (SSSR count). The molecule has 0 unspecified atom stereocenters. The largest absolute Gasteiger partial charge is 0.477 e. The van der Waals surface area contributed by atoms with Gasteiger partial charge in [-0.15, -0.1) is 0 Å². The normalized spacial score (nSPS) is 25.9. The van der Waals surface area contributed by atoms with Crippen LogP contribution in [0.15, 0.2) is 30.5 Å². The molecule has 3 aliphatic heterocycles. The van der Waals surface area contributed by atoms with Crippen LogP contribution in [0.5, 0.6) is 11.8 Å². The second-order valence-electron chi connectivity index (χ2n) is 12.2. The van der Waals surface area contributed by atoms with Crippen molar-refractivity contribution in [3.8, 4) is 11.8 Å². The average Bonchev–Trinajstić information content (AvgIpc) is 3.80. The molecule has 0 atom stereocenters. The average molecular weight is 563 g/mol. The number of halogens is 1. The predicted octanol–water partition coefficient (Wildman–Crippen LogP) is 3.42. The van der Waals surface area contributed by atoms with E-state index in [9.17, 15) is 4.79 Å². The number of hydrogen-bond acceptors (Lipinski definition) is 10. The Morgan fingerprint density at radius 2 is 1.95 bits per heavy atom. The zero-order valence-corrected chi connectivity index (χ0v) is 23.0. The smallest absolute Gasteiger partial charge is 0.332 e. The number of carbonyl (C=O) groups excluding carboxylic acids is 1. The van der Waals surface area contributed by atoms with Gasteiger partial charge in [0.2, 0.25) is 11.8 Å². The van der Waals surface area contributed by atoms with Crippen LogP contribution in [-0.2, 0) is 22.5 Å². The van der Waals surface area contributed by atoms with Gasteiger partial charge in [-0.1, -0.05) is 0 Å². The Hall–Kier alpha value is -3.41. The highest BCUT2D eigenvalue weighted by Crippen LogP contribution is 2.47. The van der Waals surface area contributed by atoms with Crippen LogP contribution in [0.25, 0.3) is 11.0 Å². The van der Waals surface area contributed by atoms with Crippen molar-refractivity contribution in [1.29, 1.82) is 0 Å². The second kappa shape index (κ2) is 10.1. The zero-order chi connectivity index (χ0) is 28.1. The summed E-state index contributed by atoms with van der Waals surface area (Å²) >= 11 is 0. The van der Waals surface area contributed by atoms with Gasteiger partial charge in [-0.2, -0.15) is 0 Å². The molecule has 4 N–H and O–H groups in total. The van der Waals surface area contributed by atoms with Crippen LogP contribution in [0, 0.1) is 11.2 Å². The molecular formula is C30H35FN6O4. The molecule has 3 aromatic rings. The molecule has 3 aromatic heterocycles. The summed E-state index contributed by atoms with van der Waals surface area (Å²) in [5.74, 6) is 0.123. The number of esters is 1. The molecule has 10 nitrogen and oxygen atoms in total. The topological polar surface area (TPSA) is 134 Å². The maximum absolute atomic E-state index is 15.1. The van der Waals surface area contributed by atoms with E-state index in [1.165, 1.54) is 6.20 Å². The molecule has 6 heterocycles. The van der Waals surface area contributed by atoms with E-state index in [4.69, 9.17) is 19.9 Å². The lowest BCUT2D eigenvalue weighted by atomic mass is 9.69. The van der Waals surface area contributed by atoms with Crippen LogP contribution >= 0.6 is 0 Å². The van der Waals surface area contributed by atoms with Crippen molar-refractivity contribution in [1.82, 2.24) is 20.3 Å². The van der Waals surface area contributed by atoms with E-state index < -0.39 is 0 Å². The van der Waals surface area contributed by atoms with Gasteiger partial charge in [0.05, 0.1) is 47.4 Å². The van der Waals surface area contributed by atoms with Crippen LogP contribution < -0.4 is 25.8 Å². The van der Waals surface area contributed by atoms with Gasteiger partial charge in [-0.25, -0.2) is 19.2 Å². The minimum atomic E-state index is -0.347. The summed E-state index contributed by atoms with van der Waals surface area (Å²) in [6, 6.07) is 7.47. The van der Waals surface area contributed by atoms with Gasteiger partial charge in [0, 0.05) is 35.7 Å². The highest BCUT2D eigenvalue weighted by molar-refractivity contribution is 5.82. The van der Waals surface area contributed by atoms with Crippen LogP contribution in [0.4, 0.5) is 10.1 Å². The minimum Gasteiger partial charge on any atom is -0.477 e. The van der Waals surface area contributed by atoms with E-state index in [-0.39, 0.29) is 34.9 Å². The number of aryl methyl sites for hydroxylation is 1. The summed E-state index contributed by atoms with van der Waals surface area (Å²) in [6.45, 7) is 2.42. The van der Waals surface area contributed by atoms with Gasteiger partial charge >= 0.3 is 5.97 Å². The fraction of sp³-hybridized carbons (Fsp3) is 0.533. The van der Waals surface area contributed by atoms with Crippen LogP contribution in [0.1, 0.15) is 56.2 Å². The molecule has 216 valence electrons. The fourth-order valence-electron chi connectivity index (χ4n) is 6.25. The maximum Gasteiger partial charge on any atom is 0.332 e.